The van der Waals surface area contributed by atoms with E-state index >= 15 is 0 Å². The highest BCUT2D eigenvalue weighted by Crippen LogP contribution is 2.39. The molecule has 5 atom stereocenters. The smallest absolute Gasteiger partial charge is 0.329 e. The maximum atomic E-state index is 13.6. The minimum atomic E-state index is -2.38. The summed E-state index contributed by atoms with van der Waals surface area (Å²) >= 11 is 0. The van der Waals surface area contributed by atoms with E-state index in [4.69, 9.17) is 4.74 Å². The first kappa shape index (κ1) is 24.5. The van der Waals surface area contributed by atoms with Crippen molar-refractivity contribution >= 4 is 23.6 Å². The van der Waals surface area contributed by atoms with Gasteiger partial charge >= 0.3 is 12.1 Å². The number of imide groups is 1. The Balaban J connectivity index is 1.74. The Morgan fingerprint density at radius 2 is 1.71 bits per heavy atom. The molecule has 10 heteroatoms. The predicted molar refractivity (Wildman–Crippen MR) is 123 cm³/mol. The van der Waals surface area contributed by atoms with Crippen LogP contribution in [0.5, 0.6) is 0 Å². The second-order valence-corrected chi connectivity index (χ2v) is 8.89. The monoisotopic (exact) mass is 481 g/mol. The number of aliphatic hydroxyl groups is 2. The van der Waals surface area contributed by atoms with Gasteiger partial charge in [-0.1, -0.05) is 48.5 Å². The topological polar surface area (TPSA) is 145 Å². The Bertz CT molecular complexity index is 1200. The van der Waals surface area contributed by atoms with Crippen LogP contribution in [0.15, 0.2) is 48.5 Å². The van der Waals surface area contributed by atoms with E-state index in [-0.39, 0.29) is 5.56 Å². The number of aliphatic hydroxyl groups excluding tert-OH is 1. The molecule has 0 aliphatic carbocycles. The van der Waals surface area contributed by atoms with Gasteiger partial charge in [-0.05, 0) is 37.5 Å². The highest BCUT2D eigenvalue weighted by Gasteiger charge is 2.59. The van der Waals surface area contributed by atoms with Crippen LogP contribution in [0.1, 0.15) is 46.5 Å². The average Bonchev–Trinajstić information content (AvgIpc) is 3.15. The number of nitrogens with one attached hydrogen (secondary N) is 2. The van der Waals surface area contributed by atoms with Gasteiger partial charge in [-0.2, -0.15) is 0 Å². The Kier molecular flexibility index (Phi) is 6.46. The summed E-state index contributed by atoms with van der Waals surface area (Å²) in [5.41, 5.74) is -0.655. The van der Waals surface area contributed by atoms with Gasteiger partial charge < -0.3 is 20.3 Å². The van der Waals surface area contributed by atoms with Gasteiger partial charge in [-0.3, -0.25) is 19.8 Å². The van der Waals surface area contributed by atoms with Crippen molar-refractivity contribution in [3.8, 4) is 0 Å². The van der Waals surface area contributed by atoms with E-state index in [9.17, 15) is 29.4 Å². The molecule has 2 fully saturated rings. The summed E-state index contributed by atoms with van der Waals surface area (Å²) in [6.07, 6.45) is -5.96. The van der Waals surface area contributed by atoms with Gasteiger partial charge in [0, 0.05) is 12.0 Å². The molecule has 2 aliphatic rings. The summed E-state index contributed by atoms with van der Waals surface area (Å²) in [5.74, 6) is -1.68. The zero-order valence-corrected chi connectivity index (χ0v) is 19.5. The Morgan fingerprint density at radius 3 is 2.34 bits per heavy atom. The first-order valence-corrected chi connectivity index (χ1v) is 11.2. The molecule has 35 heavy (non-hydrogen) atoms. The molecule has 2 aliphatic heterocycles. The molecule has 2 saturated heterocycles. The lowest BCUT2D eigenvalue weighted by molar-refractivity contribution is -0.150. The number of rotatable bonds is 6. The highest BCUT2D eigenvalue weighted by molar-refractivity contribution is 6.08. The normalized spacial score (nSPS) is 27.2. The summed E-state index contributed by atoms with van der Waals surface area (Å²) < 4.78 is 5.85. The molecule has 0 radical (unpaired) electrons. The van der Waals surface area contributed by atoms with Crippen molar-refractivity contribution in [1.82, 2.24) is 15.5 Å². The Morgan fingerprint density at radius 1 is 1.09 bits per heavy atom. The van der Waals surface area contributed by atoms with Crippen LogP contribution in [0.2, 0.25) is 0 Å². The molecule has 0 bridgehead atoms. The first-order chi connectivity index (χ1) is 16.5. The molecule has 0 saturated carbocycles. The van der Waals surface area contributed by atoms with Crippen molar-refractivity contribution in [2.75, 3.05) is 0 Å². The van der Waals surface area contributed by atoms with E-state index in [0.29, 0.717) is 16.7 Å². The third kappa shape index (κ3) is 4.31. The summed E-state index contributed by atoms with van der Waals surface area (Å²) in [6, 6.07) is 11.8. The Hall–Kier alpha value is -3.60. The standard InChI is InChI=1S/C25H27N3O7/c1-13-8-4-6-10-16(13)19(29)20(30)22-25(34,21(31)17-11-7-5-9-14(17)2)12-18(35-22)28-15(3)26-23(32)27-24(28)33/h4-11,15,18-19,22,29,34H,12H2,1-3H3,(H2,26,27,32,33)/t15?,18-,19?,22-,25-/m1/s1. The van der Waals surface area contributed by atoms with Crippen molar-refractivity contribution in [2.45, 2.75) is 57.4 Å². The SMILES string of the molecule is Cc1ccccc1C(=O)[C@]1(O)C[C@H](N2C(=O)NC(=O)NC2C)O[C@@H]1C(=O)C(O)c1ccccc1C. The van der Waals surface area contributed by atoms with Crippen LogP contribution < -0.4 is 10.6 Å². The van der Waals surface area contributed by atoms with Crippen molar-refractivity contribution < 1.29 is 34.1 Å². The number of benzene rings is 2. The van der Waals surface area contributed by atoms with Crippen LogP contribution in [0.25, 0.3) is 0 Å². The maximum Gasteiger partial charge on any atom is 0.329 e. The molecule has 4 amide bonds. The van der Waals surface area contributed by atoms with Crippen molar-refractivity contribution in [1.29, 1.82) is 0 Å². The minimum absolute atomic E-state index is 0.187. The molecule has 2 aromatic carbocycles. The van der Waals surface area contributed by atoms with E-state index < -0.39 is 60.3 Å². The van der Waals surface area contributed by atoms with Gasteiger partial charge in [0.05, 0.1) is 0 Å². The Labute approximate surface area is 201 Å². The number of ketones is 2. The lowest BCUT2D eigenvalue weighted by Gasteiger charge is -2.37. The molecule has 4 N–H and O–H groups in total. The number of hydrogen-bond donors (Lipinski definition) is 4. The lowest BCUT2D eigenvalue weighted by atomic mass is 9.81. The van der Waals surface area contributed by atoms with Crippen LogP contribution in [0.4, 0.5) is 9.59 Å². The molecule has 2 unspecified atom stereocenters. The molecular weight excluding hydrogens is 454 g/mol. The van der Waals surface area contributed by atoms with E-state index in [1.807, 2.05) is 0 Å². The third-order valence-corrected chi connectivity index (χ3v) is 6.53. The highest BCUT2D eigenvalue weighted by atomic mass is 16.5. The lowest BCUT2D eigenvalue weighted by Crippen LogP contribution is -2.65. The van der Waals surface area contributed by atoms with Crippen molar-refractivity contribution in [3.63, 3.8) is 0 Å². The van der Waals surface area contributed by atoms with E-state index in [1.165, 1.54) is 13.0 Å². The number of carbonyl (C=O) groups excluding carboxylic acids is 4. The van der Waals surface area contributed by atoms with Gasteiger partial charge in [-0.15, -0.1) is 0 Å². The van der Waals surface area contributed by atoms with Crippen molar-refractivity contribution in [3.05, 3.63) is 70.8 Å². The number of urea groups is 2. The van der Waals surface area contributed by atoms with Gasteiger partial charge in [0.25, 0.3) is 0 Å². The fraction of sp³-hybridized carbons (Fsp3) is 0.360. The van der Waals surface area contributed by atoms with Gasteiger partial charge in [0.2, 0.25) is 0 Å². The van der Waals surface area contributed by atoms with Gasteiger partial charge in [0.15, 0.2) is 23.3 Å². The number of carbonyl (C=O) groups is 4. The van der Waals surface area contributed by atoms with Crippen LogP contribution in [0, 0.1) is 13.8 Å². The van der Waals surface area contributed by atoms with E-state index in [1.54, 1.807) is 56.3 Å². The molecule has 10 nitrogen and oxygen atoms in total. The second-order valence-electron chi connectivity index (χ2n) is 8.89. The van der Waals surface area contributed by atoms with Gasteiger partial charge in [0.1, 0.15) is 18.5 Å². The number of amides is 4. The van der Waals surface area contributed by atoms with Crippen LogP contribution >= 0.6 is 0 Å². The number of Topliss-reactive ketones (excluding diaryl/α,β-unsaturated/α-hetero) is 2. The number of nitrogens with zero attached hydrogens (tertiary/aromatic N) is 1. The van der Waals surface area contributed by atoms with Crippen LogP contribution in [0.3, 0.4) is 0 Å². The van der Waals surface area contributed by atoms with Crippen LogP contribution in [-0.4, -0.2) is 62.8 Å². The average molecular weight is 482 g/mol. The third-order valence-electron chi connectivity index (χ3n) is 6.53. The van der Waals surface area contributed by atoms with E-state index in [0.717, 1.165) is 4.90 Å². The number of hydrogen-bond acceptors (Lipinski definition) is 7. The summed E-state index contributed by atoms with van der Waals surface area (Å²) in [6.45, 7) is 4.94. The molecule has 0 spiro atoms. The summed E-state index contributed by atoms with van der Waals surface area (Å²) in [4.78, 5) is 52.4. The maximum absolute atomic E-state index is 13.6. The van der Waals surface area contributed by atoms with Crippen molar-refractivity contribution in [2.24, 2.45) is 0 Å². The van der Waals surface area contributed by atoms with Crippen LogP contribution in [-0.2, 0) is 9.53 Å². The second kappa shape index (κ2) is 9.21. The number of ether oxygens (including phenoxy) is 1. The molecule has 0 aromatic heterocycles. The number of aryl methyl sites for hydroxylation is 2. The zero-order chi connectivity index (χ0) is 25.5. The predicted octanol–water partition coefficient (Wildman–Crippen LogP) is 1.72. The zero-order valence-electron chi connectivity index (χ0n) is 19.5. The molecular formula is C25H27N3O7. The molecule has 2 aromatic rings. The summed E-state index contributed by atoms with van der Waals surface area (Å²) in [5, 5.41) is 27.2. The van der Waals surface area contributed by atoms with Gasteiger partial charge in [-0.25, -0.2) is 9.59 Å². The largest absolute Gasteiger partial charge is 0.380 e. The fourth-order valence-electron chi connectivity index (χ4n) is 4.63. The molecule has 184 valence electrons. The molecule has 4 rings (SSSR count). The fourth-order valence-corrected chi connectivity index (χ4v) is 4.63. The van der Waals surface area contributed by atoms with E-state index in [2.05, 4.69) is 10.6 Å². The summed E-state index contributed by atoms with van der Waals surface area (Å²) in [7, 11) is 0. The molecule has 2 heterocycles. The first-order valence-electron chi connectivity index (χ1n) is 11.2. The minimum Gasteiger partial charge on any atom is -0.380 e. The quantitative estimate of drug-likeness (QED) is 0.460.